The van der Waals surface area contributed by atoms with E-state index in [0.717, 1.165) is 16.1 Å². The Morgan fingerprint density at radius 2 is 1.88 bits per heavy atom. The zero-order valence-electron chi connectivity index (χ0n) is 12.6. The lowest BCUT2D eigenvalue weighted by molar-refractivity contribution is 1.21. The van der Waals surface area contributed by atoms with Crippen LogP contribution in [0.1, 0.15) is 16.8 Å². The molecule has 6 nitrogen and oxygen atoms in total. The van der Waals surface area contributed by atoms with Crippen molar-refractivity contribution >= 4 is 17.4 Å². The second-order valence-electron chi connectivity index (χ2n) is 5.13. The van der Waals surface area contributed by atoms with Gasteiger partial charge in [-0.05, 0) is 41.7 Å². The molecule has 0 atom stereocenters. The number of hydrogen-bond acceptors (Lipinski definition) is 6. The third-order valence-corrected chi connectivity index (χ3v) is 4.46. The molecule has 0 aliphatic rings. The van der Waals surface area contributed by atoms with E-state index >= 15 is 0 Å². The van der Waals surface area contributed by atoms with Gasteiger partial charge >= 0.3 is 0 Å². The van der Waals surface area contributed by atoms with Crippen LogP contribution in [0.4, 0.5) is 5.82 Å². The zero-order chi connectivity index (χ0) is 17.3. The molecule has 2 heterocycles. The van der Waals surface area contributed by atoms with Gasteiger partial charge in [0.1, 0.15) is 29.1 Å². The van der Waals surface area contributed by atoms with E-state index < -0.39 is 5.56 Å². The molecular weight excluding hydrogens is 322 g/mol. The summed E-state index contributed by atoms with van der Waals surface area (Å²) in [6.45, 7) is 1.91. The van der Waals surface area contributed by atoms with Crippen LogP contribution >= 0.6 is 11.5 Å². The van der Waals surface area contributed by atoms with E-state index in [1.54, 1.807) is 12.1 Å². The number of pyridine rings is 1. The summed E-state index contributed by atoms with van der Waals surface area (Å²) < 4.78 is 4.25. The minimum absolute atomic E-state index is 0.0458. The summed E-state index contributed by atoms with van der Waals surface area (Å²) in [7, 11) is 0. The molecule has 3 aromatic rings. The number of nitrogens with two attached hydrogens (primary N) is 1. The Morgan fingerprint density at radius 1 is 1.17 bits per heavy atom. The first-order chi connectivity index (χ1) is 11.5. The number of benzene rings is 1. The highest BCUT2D eigenvalue weighted by atomic mass is 32.1. The number of H-pyrrole nitrogens is 1. The third-order valence-electron chi connectivity index (χ3n) is 3.53. The van der Waals surface area contributed by atoms with Crippen LogP contribution in [0.2, 0.25) is 0 Å². The van der Waals surface area contributed by atoms with Crippen molar-refractivity contribution in [3.8, 4) is 33.7 Å². The van der Waals surface area contributed by atoms with Crippen LogP contribution in [0.25, 0.3) is 21.6 Å². The normalized spacial score (nSPS) is 10.1. The molecule has 0 saturated carbocycles. The first-order valence-corrected chi connectivity index (χ1v) is 7.72. The zero-order valence-corrected chi connectivity index (χ0v) is 13.4. The molecule has 0 spiro atoms. The van der Waals surface area contributed by atoms with Crippen LogP contribution in [0.5, 0.6) is 0 Å². The SMILES string of the molecule is Cc1cc(-c2cccc(-c3c(C#N)c(N)[nH]c(=O)c3C#N)c2)sn1. The molecule has 7 heteroatoms. The molecule has 0 aliphatic carbocycles. The number of aromatic nitrogens is 2. The lowest BCUT2D eigenvalue weighted by atomic mass is 9.95. The predicted octanol–water partition coefficient (Wildman–Crippen LogP) is 2.80. The molecular formula is C17H11N5OS. The van der Waals surface area contributed by atoms with Gasteiger partial charge in [-0.25, -0.2) is 0 Å². The van der Waals surface area contributed by atoms with Crippen molar-refractivity contribution in [3.63, 3.8) is 0 Å². The first-order valence-electron chi connectivity index (χ1n) is 6.95. The molecule has 0 radical (unpaired) electrons. The molecule has 2 aromatic heterocycles. The van der Waals surface area contributed by atoms with Gasteiger partial charge in [-0.2, -0.15) is 14.9 Å². The molecule has 24 heavy (non-hydrogen) atoms. The monoisotopic (exact) mass is 333 g/mol. The Labute approximate surface area is 141 Å². The quantitative estimate of drug-likeness (QED) is 0.747. The molecule has 116 valence electrons. The maximum Gasteiger partial charge on any atom is 0.268 e. The fourth-order valence-electron chi connectivity index (χ4n) is 2.46. The number of nitrogens with zero attached hydrogens (tertiary/aromatic N) is 3. The summed E-state index contributed by atoms with van der Waals surface area (Å²) in [6, 6.07) is 13.1. The number of nitriles is 2. The van der Waals surface area contributed by atoms with Gasteiger partial charge in [0, 0.05) is 5.56 Å². The maximum absolute atomic E-state index is 12.0. The van der Waals surface area contributed by atoms with E-state index in [2.05, 4.69) is 9.36 Å². The van der Waals surface area contributed by atoms with Crippen molar-refractivity contribution in [1.29, 1.82) is 10.5 Å². The summed E-state index contributed by atoms with van der Waals surface area (Å²) in [6.07, 6.45) is 0. The Morgan fingerprint density at radius 3 is 2.50 bits per heavy atom. The van der Waals surface area contributed by atoms with E-state index in [-0.39, 0.29) is 22.5 Å². The Bertz CT molecular complexity index is 1080. The highest BCUT2D eigenvalue weighted by molar-refractivity contribution is 7.09. The molecule has 0 bridgehead atoms. The summed E-state index contributed by atoms with van der Waals surface area (Å²) in [5.74, 6) is -0.0458. The van der Waals surface area contributed by atoms with Gasteiger partial charge in [-0.1, -0.05) is 18.2 Å². The number of aryl methyl sites for hydroxylation is 1. The summed E-state index contributed by atoms with van der Waals surface area (Å²) in [5.41, 5.74) is 7.75. The molecule has 0 fully saturated rings. The molecule has 0 amide bonds. The summed E-state index contributed by atoms with van der Waals surface area (Å²) in [4.78, 5) is 15.3. The van der Waals surface area contributed by atoms with Gasteiger partial charge < -0.3 is 10.7 Å². The van der Waals surface area contributed by atoms with Crippen LogP contribution in [0, 0.1) is 29.6 Å². The number of hydrogen-bond donors (Lipinski definition) is 2. The largest absolute Gasteiger partial charge is 0.384 e. The third kappa shape index (κ3) is 2.54. The van der Waals surface area contributed by atoms with Crippen LogP contribution in [0.3, 0.4) is 0 Å². The summed E-state index contributed by atoms with van der Waals surface area (Å²) >= 11 is 1.36. The van der Waals surface area contributed by atoms with Crippen molar-refractivity contribution in [2.75, 3.05) is 5.73 Å². The van der Waals surface area contributed by atoms with Gasteiger partial charge in [-0.3, -0.25) is 4.79 Å². The Kier molecular flexibility index (Phi) is 3.87. The van der Waals surface area contributed by atoms with Crippen molar-refractivity contribution in [2.24, 2.45) is 0 Å². The van der Waals surface area contributed by atoms with Crippen molar-refractivity contribution in [2.45, 2.75) is 6.92 Å². The van der Waals surface area contributed by atoms with E-state index in [1.807, 2.05) is 37.3 Å². The first kappa shape index (κ1) is 15.5. The van der Waals surface area contributed by atoms with Crippen molar-refractivity contribution in [1.82, 2.24) is 9.36 Å². The lowest BCUT2D eigenvalue weighted by Gasteiger charge is -2.09. The van der Waals surface area contributed by atoms with Crippen LogP contribution in [-0.2, 0) is 0 Å². The minimum Gasteiger partial charge on any atom is -0.384 e. The summed E-state index contributed by atoms with van der Waals surface area (Å²) in [5, 5.41) is 18.7. The fraction of sp³-hybridized carbons (Fsp3) is 0.0588. The molecule has 0 saturated heterocycles. The van der Waals surface area contributed by atoms with Crippen LogP contribution in [0.15, 0.2) is 35.1 Å². The van der Waals surface area contributed by atoms with Crippen molar-refractivity contribution < 1.29 is 0 Å². The standard InChI is InChI=1S/C17H11N5OS/c1-9-5-14(24-22-9)10-3-2-4-11(6-10)15-12(7-18)16(20)21-17(23)13(15)8-19/h2-6H,1H3,(H3,20,21,23). The van der Waals surface area contributed by atoms with Crippen molar-refractivity contribution in [3.05, 3.63) is 57.5 Å². The Hall–Kier alpha value is -3.42. The Balaban J connectivity index is 2.30. The highest BCUT2D eigenvalue weighted by Crippen LogP contribution is 2.32. The average Bonchev–Trinajstić information content (AvgIpc) is 3.01. The number of nitrogens with one attached hydrogen (secondary N) is 1. The predicted molar refractivity (Wildman–Crippen MR) is 92.2 cm³/mol. The topological polar surface area (TPSA) is 119 Å². The molecule has 0 aliphatic heterocycles. The smallest absolute Gasteiger partial charge is 0.268 e. The van der Waals surface area contributed by atoms with Crippen LogP contribution < -0.4 is 11.3 Å². The van der Waals surface area contributed by atoms with E-state index in [9.17, 15) is 15.3 Å². The second-order valence-corrected chi connectivity index (χ2v) is 5.93. The highest BCUT2D eigenvalue weighted by Gasteiger charge is 2.18. The average molecular weight is 333 g/mol. The van der Waals surface area contributed by atoms with Gasteiger partial charge in [0.15, 0.2) is 0 Å². The lowest BCUT2D eigenvalue weighted by Crippen LogP contribution is -2.16. The number of nitrogen functional groups attached to an aromatic ring is 1. The number of rotatable bonds is 2. The molecule has 3 rings (SSSR count). The van der Waals surface area contributed by atoms with Crippen LogP contribution in [-0.4, -0.2) is 9.36 Å². The second kappa shape index (κ2) is 5.99. The minimum atomic E-state index is -0.608. The molecule has 3 N–H and O–H groups in total. The van der Waals surface area contributed by atoms with Gasteiger partial charge in [0.2, 0.25) is 0 Å². The van der Waals surface area contributed by atoms with Gasteiger partial charge in [0.25, 0.3) is 5.56 Å². The van der Waals surface area contributed by atoms with E-state index in [0.29, 0.717) is 5.56 Å². The fourth-order valence-corrected chi connectivity index (χ4v) is 3.21. The van der Waals surface area contributed by atoms with E-state index in [1.165, 1.54) is 11.5 Å². The molecule has 1 aromatic carbocycles. The van der Waals surface area contributed by atoms with Gasteiger partial charge in [0.05, 0.1) is 10.6 Å². The van der Waals surface area contributed by atoms with Gasteiger partial charge in [-0.15, -0.1) is 0 Å². The molecule has 0 unspecified atom stereocenters. The number of anilines is 1. The number of aromatic amines is 1. The van der Waals surface area contributed by atoms with E-state index in [4.69, 9.17) is 5.73 Å². The maximum atomic E-state index is 12.0.